The number of thioether (sulfide) groups is 1. The summed E-state index contributed by atoms with van der Waals surface area (Å²) < 4.78 is -0.617. The molecule has 3 saturated heterocycles. The van der Waals surface area contributed by atoms with Crippen LogP contribution >= 0.6 is 27.7 Å². The van der Waals surface area contributed by atoms with Gasteiger partial charge in [0.05, 0.1) is 23.2 Å². The van der Waals surface area contributed by atoms with E-state index in [1.54, 1.807) is 11.8 Å². The summed E-state index contributed by atoms with van der Waals surface area (Å²) in [5.74, 6) is -1.38. The van der Waals surface area contributed by atoms with Gasteiger partial charge in [-0.3, -0.25) is 14.4 Å². The van der Waals surface area contributed by atoms with E-state index in [0.29, 0.717) is 19.5 Å². The predicted octanol–water partition coefficient (Wildman–Crippen LogP) is 1.28. The van der Waals surface area contributed by atoms with Crippen LogP contribution < -0.4 is 10.6 Å². The van der Waals surface area contributed by atoms with Crippen LogP contribution in [0.2, 0.25) is 0 Å². The average molecular weight is 490 g/mol. The molecule has 1 spiro atoms. The second kappa shape index (κ2) is 9.56. The van der Waals surface area contributed by atoms with Crippen LogP contribution in [0.4, 0.5) is 0 Å². The normalized spacial score (nSPS) is 35.1. The molecule has 0 aromatic rings. The van der Waals surface area contributed by atoms with Crippen molar-refractivity contribution in [1.82, 2.24) is 15.5 Å². The molecule has 3 unspecified atom stereocenters. The number of hydrogen-bond acceptors (Lipinski definition) is 5. The van der Waals surface area contributed by atoms with Crippen molar-refractivity contribution < 1.29 is 19.5 Å². The van der Waals surface area contributed by atoms with Gasteiger partial charge in [0.15, 0.2) is 0 Å². The summed E-state index contributed by atoms with van der Waals surface area (Å²) in [6, 6.07) is -0.646. The summed E-state index contributed by atoms with van der Waals surface area (Å²) in [5.41, 5.74) is 0. The summed E-state index contributed by atoms with van der Waals surface area (Å²) in [7, 11) is 0. The first kappa shape index (κ1) is 22.9. The molecule has 0 radical (unpaired) electrons. The van der Waals surface area contributed by atoms with Gasteiger partial charge in [-0.2, -0.15) is 0 Å². The molecule has 3 aliphatic heterocycles. The number of aliphatic hydroxyl groups is 1. The minimum Gasteiger partial charge on any atom is -0.395 e. The van der Waals surface area contributed by atoms with Crippen LogP contribution in [0.15, 0.2) is 0 Å². The van der Waals surface area contributed by atoms with Gasteiger partial charge in [0.1, 0.15) is 6.04 Å². The number of β-amino-alcohol motifs (C(OH)–C–C–N with tert-alkyl or cyclic N) is 1. The number of unbranched alkanes of at least 4 members (excludes halogenated alkanes) is 2. The van der Waals surface area contributed by atoms with Gasteiger partial charge >= 0.3 is 0 Å². The van der Waals surface area contributed by atoms with E-state index >= 15 is 0 Å². The molecule has 6 atom stereocenters. The van der Waals surface area contributed by atoms with Gasteiger partial charge in [0, 0.05) is 29.7 Å². The fourth-order valence-electron chi connectivity index (χ4n) is 5.13. The number of aliphatic hydroxyl groups excluding tert-OH is 1. The largest absolute Gasteiger partial charge is 0.395 e. The van der Waals surface area contributed by atoms with Gasteiger partial charge in [-0.1, -0.05) is 42.6 Å². The highest BCUT2D eigenvalue weighted by Gasteiger charge is 2.75. The van der Waals surface area contributed by atoms with Crippen molar-refractivity contribution in [2.45, 2.75) is 66.8 Å². The van der Waals surface area contributed by atoms with Crippen LogP contribution in [0.1, 0.15) is 46.0 Å². The molecular formula is C20H32BrN3O4S. The second-order valence-corrected chi connectivity index (χ2v) is 10.9. The minimum atomic E-state index is -0.646. The molecule has 3 heterocycles. The number of amides is 3. The lowest BCUT2D eigenvalue weighted by Gasteiger charge is -2.35. The summed E-state index contributed by atoms with van der Waals surface area (Å²) >= 11 is 5.35. The maximum Gasteiger partial charge on any atom is 0.244 e. The van der Waals surface area contributed by atoms with Crippen molar-refractivity contribution >= 4 is 45.4 Å². The van der Waals surface area contributed by atoms with Crippen molar-refractivity contribution in [1.29, 1.82) is 0 Å². The first-order chi connectivity index (χ1) is 13.9. The smallest absolute Gasteiger partial charge is 0.244 e. The molecule has 2 bridgehead atoms. The fraction of sp³-hybridized carbons (Fsp3) is 0.850. The molecule has 164 valence electrons. The summed E-state index contributed by atoms with van der Waals surface area (Å²) in [4.78, 5) is 41.1. The molecule has 7 nitrogen and oxygen atoms in total. The van der Waals surface area contributed by atoms with E-state index in [4.69, 9.17) is 0 Å². The maximum atomic E-state index is 13.4. The zero-order chi connectivity index (χ0) is 21.2. The molecular weight excluding hydrogens is 458 g/mol. The Morgan fingerprint density at radius 3 is 2.59 bits per heavy atom. The number of carbonyl (C=O) groups is 3. The molecule has 0 aromatic heterocycles. The van der Waals surface area contributed by atoms with E-state index in [1.165, 1.54) is 4.90 Å². The Balaban J connectivity index is 1.88. The van der Waals surface area contributed by atoms with Crippen molar-refractivity contribution in [3.05, 3.63) is 0 Å². The zero-order valence-corrected chi connectivity index (χ0v) is 19.6. The van der Waals surface area contributed by atoms with Crippen LogP contribution in [-0.2, 0) is 14.4 Å². The third-order valence-corrected chi connectivity index (χ3v) is 9.53. The van der Waals surface area contributed by atoms with E-state index in [1.807, 2.05) is 6.92 Å². The van der Waals surface area contributed by atoms with E-state index in [0.717, 1.165) is 25.7 Å². The van der Waals surface area contributed by atoms with Crippen LogP contribution in [-0.4, -0.2) is 74.8 Å². The van der Waals surface area contributed by atoms with Crippen LogP contribution in [0, 0.1) is 11.8 Å². The van der Waals surface area contributed by atoms with Crippen LogP contribution in [0.5, 0.6) is 0 Å². The monoisotopic (exact) mass is 489 g/mol. The number of halogens is 1. The number of likely N-dealkylation sites (tertiary alicyclic amines) is 1. The Labute approximate surface area is 185 Å². The van der Waals surface area contributed by atoms with Gasteiger partial charge in [-0.25, -0.2) is 0 Å². The van der Waals surface area contributed by atoms with Gasteiger partial charge in [0.2, 0.25) is 17.7 Å². The first-order valence-corrected chi connectivity index (χ1v) is 12.5. The Morgan fingerprint density at radius 1 is 1.21 bits per heavy atom. The lowest BCUT2D eigenvalue weighted by Crippen LogP contribution is -2.55. The molecule has 3 fully saturated rings. The van der Waals surface area contributed by atoms with Crippen molar-refractivity contribution in [3.8, 4) is 0 Å². The van der Waals surface area contributed by atoms with Crippen molar-refractivity contribution in [2.24, 2.45) is 11.8 Å². The molecule has 0 saturated carbocycles. The van der Waals surface area contributed by atoms with Crippen molar-refractivity contribution in [2.75, 3.05) is 26.2 Å². The topological polar surface area (TPSA) is 98.7 Å². The summed E-state index contributed by atoms with van der Waals surface area (Å²) in [6.45, 7) is 5.18. The number of rotatable bonds is 10. The highest BCUT2D eigenvalue weighted by Crippen LogP contribution is 2.67. The van der Waals surface area contributed by atoms with Crippen LogP contribution in [0.3, 0.4) is 0 Å². The lowest BCUT2D eigenvalue weighted by molar-refractivity contribution is -0.140. The van der Waals surface area contributed by atoms with E-state index in [-0.39, 0.29) is 41.0 Å². The molecule has 3 aliphatic rings. The number of nitrogens with zero attached hydrogens (tertiary/aromatic N) is 1. The molecule has 9 heteroatoms. The SMILES string of the molecule is CCCCCNC(=O)C1N(CCO)C(=O)[C@@H]2[C@@H](C(=O)NCCC)[C@@H]3SC12CC3Br. The maximum absolute atomic E-state index is 13.4. The number of alkyl halides is 1. The van der Waals surface area contributed by atoms with Gasteiger partial charge in [-0.05, 0) is 19.3 Å². The molecule has 29 heavy (non-hydrogen) atoms. The molecule has 0 aromatic carbocycles. The number of carbonyl (C=O) groups excluding carboxylic acids is 3. The van der Waals surface area contributed by atoms with Gasteiger partial charge < -0.3 is 20.6 Å². The Kier molecular flexibility index (Phi) is 7.54. The van der Waals surface area contributed by atoms with Gasteiger partial charge in [0.25, 0.3) is 0 Å². The standard InChI is InChI=1S/C20H32BrN3O4S/c1-3-5-6-8-23-18(27)16-20-11-12(21)15(29-20)13(17(26)22-7-4-2)14(20)19(28)24(16)9-10-25/h12-16,25H,3-11H2,1-2H3,(H,22,26)(H,23,27)/t12?,13-,14+,15-,16?,20?/m1/s1. The summed E-state index contributed by atoms with van der Waals surface area (Å²) in [6.07, 6.45) is 4.51. The fourth-order valence-corrected chi connectivity index (χ4v) is 8.74. The Hall–Kier alpha value is -0.800. The predicted molar refractivity (Wildman–Crippen MR) is 117 cm³/mol. The highest BCUT2D eigenvalue weighted by molar-refractivity contribution is 9.09. The zero-order valence-electron chi connectivity index (χ0n) is 17.2. The molecule has 0 aliphatic carbocycles. The highest BCUT2D eigenvalue weighted by atomic mass is 79.9. The minimum absolute atomic E-state index is 0.0209. The quantitative estimate of drug-likeness (QED) is 0.317. The first-order valence-electron chi connectivity index (χ1n) is 10.7. The third-order valence-electron chi connectivity index (χ3n) is 6.31. The van der Waals surface area contributed by atoms with Crippen LogP contribution in [0.25, 0.3) is 0 Å². The van der Waals surface area contributed by atoms with E-state index in [9.17, 15) is 19.5 Å². The third kappa shape index (κ3) is 3.94. The number of nitrogens with one attached hydrogen (secondary N) is 2. The van der Waals surface area contributed by atoms with Gasteiger partial charge in [-0.15, -0.1) is 11.8 Å². The number of fused-ring (bicyclic) bond motifs is 1. The Morgan fingerprint density at radius 2 is 1.93 bits per heavy atom. The second-order valence-electron chi connectivity index (χ2n) is 8.21. The molecule has 3 amide bonds. The summed E-state index contributed by atoms with van der Waals surface area (Å²) in [5, 5.41) is 15.5. The number of hydrogen-bond donors (Lipinski definition) is 3. The van der Waals surface area contributed by atoms with Crippen molar-refractivity contribution in [3.63, 3.8) is 0 Å². The Bertz CT molecular complexity index is 651. The molecule has 3 rings (SSSR count). The average Bonchev–Trinajstić information content (AvgIpc) is 3.27. The lowest BCUT2D eigenvalue weighted by atomic mass is 9.70. The van der Waals surface area contributed by atoms with E-state index in [2.05, 4.69) is 33.5 Å². The molecule has 3 N–H and O–H groups in total. The van der Waals surface area contributed by atoms with E-state index < -0.39 is 22.6 Å².